The second-order valence-electron chi connectivity index (χ2n) is 17.6. The first-order valence-electron chi connectivity index (χ1n) is 22.3. The van der Waals surface area contributed by atoms with Crippen LogP contribution in [0.3, 0.4) is 0 Å². The van der Waals surface area contributed by atoms with Crippen LogP contribution in [-0.4, -0.2) is 166 Å². The molecule has 0 aromatic heterocycles. The molecule has 0 aliphatic carbocycles. The van der Waals surface area contributed by atoms with Crippen LogP contribution in [0.2, 0.25) is 0 Å². The van der Waals surface area contributed by atoms with Gasteiger partial charge in [0.1, 0.15) is 18.1 Å². The largest absolute Gasteiger partial charge is 0.481 e. The highest BCUT2D eigenvalue weighted by Gasteiger charge is 2.51. The minimum Gasteiger partial charge on any atom is -0.481 e. The van der Waals surface area contributed by atoms with Crippen LogP contribution in [0.25, 0.3) is 0 Å². The summed E-state index contributed by atoms with van der Waals surface area (Å²) in [5.41, 5.74) is 6.02. The lowest BCUT2D eigenvalue weighted by Gasteiger charge is -2.45. The Hall–Kier alpha value is -3.44. The lowest BCUT2D eigenvalue weighted by Crippen LogP contribution is -2.61. The minimum atomic E-state index is -2.33. The van der Waals surface area contributed by atoms with Gasteiger partial charge in [0, 0.05) is 37.5 Å². The normalized spacial score (nSPS) is 45.5. The number of rotatable bonds is 3. The maximum atomic E-state index is 12.6. The number of hydrogen-bond acceptors (Lipinski definition) is 17. The van der Waals surface area contributed by atoms with Crippen LogP contribution in [-0.2, 0) is 28.5 Å². The summed E-state index contributed by atoms with van der Waals surface area (Å²) in [6, 6.07) is -1.15. The first-order chi connectivity index (χ1) is 30.6. The van der Waals surface area contributed by atoms with Crippen LogP contribution in [0, 0.1) is 17.8 Å². The molecule has 2 bridgehead atoms. The van der Waals surface area contributed by atoms with E-state index >= 15 is 0 Å². The summed E-state index contributed by atoms with van der Waals surface area (Å²) in [5.74, 6) is -6.83. The van der Waals surface area contributed by atoms with Crippen LogP contribution in [0.15, 0.2) is 85.1 Å². The van der Waals surface area contributed by atoms with Crippen LogP contribution in [0.1, 0.15) is 79.1 Å². The van der Waals surface area contributed by atoms with E-state index in [-0.39, 0.29) is 31.6 Å². The predicted molar refractivity (Wildman–Crippen MR) is 237 cm³/mol. The minimum absolute atomic E-state index is 0.107. The SMILES string of the molecule is C[C@@H]1[C@H](O)[C@@H](C)/C=C/C=C/C=C/C=C/C=C/C=C/C=C/[C@H](O[C@@H]2O[C@H](C)[C@@H](O)[C@@H](N)[C@H]2O)C[C@@H]2O[C@](O)(C[C@@H](O)C[C@@H](O)[C@H](O)CC[C@@H](O)C[C@@H](O)CC(=O)O[C@H]1C)C[C@H](O)[C@H]2C(=O)O. The molecule has 18 heteroatoms. The van der Waals surface area contributed by atoms with Crippen molar-refractivity contribution in [1.82, 2.24) is 0 Å². The Bertz CT molecular complexity index is 1670. The quantitative estimate of drug-likeness (QED) is 0.174. The lowest BCUT2D eigenvalue weighted by molar-refractivity contribution is -0.308. The molecule has 3 aliphatic rings. The molecule has 0 unspecified atom stereocenters. The summed E-state index contributed by atoms with van der Waals surface area (Å²) in [4.78, 5) is 25.1. The molecule has 3 heterocycles. The molecule has 368 valence electrons. The summed E-state index contributed by atoms with van der Waals surface area (Å²) in [6.45, 7) is 6.74. The highest BCUT2D eigenvalue weighted by atomic mass is 16.7. The topological polar surface area (TPSA) is 320 Å². The van der Waals surface area contributed by atoms with Gasteiger partial charge in [0.15, 0.2) is 12.1 Å². The number of esters is 1. The number of ether oxygens (including phenoxy) is 4. The lowest BCUT2D eigenvalue weighted by atomic mass is 9.82. The van der Waals surface area contributed by atoms with E-state index in [9.17, 15) is 65.8 Å². The summed E-state index contributed by atoms with van der Waals surface area (Å²) >= 11 is 0. The predicted octanol–water partition coefficient (Wildman–Crippen LogP) is 0.712. The van der Waals surface area contributed by atoms with Gasteiger partial charge in [0.2, 0.25) is 0 Å². The average Bonchev–Trinajstić information content (AvgIpc) is 3.21. The van der Waals surface area contributed by atoms with Gasteiger partial charge < -0.3 is 80.9 Å². The number of carboxylic acids is 1. The average molecular weight is 924 g/mol. The highest BCUT2D eigenvalue weighted by Crippen LogP contribution is 2.38. The van der Waals surface area contributed by atoms with Gasteiger partial charge in [0.05, 0.1) is 79.6 Å². The number of allylic oxidation sites excluding steroid dienone is 12. The molecule has 0 aromatic rings. The zero-order valence-electron chi connectivity index (χ0n) is 37.6. The smallest absolute Gasteiger partial charge is 0.311 e. The number of carbonyl (C=O) groups excluding carboxylic acids is 1. The Morgan fingerprint density at radius 3 is 1.82 bits per heavy atom. The maximum Gasteiger partial charge on any atom is 0.311 e. The molecule has 65 heavy (non-hydrogen) atoms. The fraction of sp³-hybridized carbons (Fsp3) is 0.660. The van der Waals surface area contributed by atoms with Crippen LogP contribution >= 0.6 is 0 Å². The Kier molecular flexibility index (Phi) is 23.6. The van der Waals surface area contributed by atoms with Crippen molar-refractivity contribution in [3.05, 3.63) is 85.1 Å². The standard InChI is InChI=1S/C47H73NO17/c1-27-17-15-13-11-9-7-5-6-8-10-12-14-16-18-34(64-46-44(58)41(48)43(57)30(4)63-46)24-38-40(45(59)60)37(54)26-47(61,65-38)25-33(51)22-36(53)35(52)20-19-31(49)21-32(50)23-39(55)62-29(3)28(2)42(27)56/h5-18,27-38,40-44,46,49-54,56-58,61H,19-26,48H2,1-4H3,(H,59,60)/b6-5+,9-7+,10-8+,13-11+,14-12+,17-15+,18-16+/t27-,28-,29-,30+,31+,32+,33-,34-,35+,36+,37-,38-,40+,41+,42+,43+,44+,46-,47+/m0/s1. The second kappa shape index (κ2) is 27.4. The molecule has 2 saturated heterocycles. The molecule has 3 rings (SSSR count). The molecule has 0 aromatic carbocycles. The zero-order chi connectivity index (χ0) is 48.4. The number of aliphatic hydroxyl groups is 10. The summed E-state index contributed by atoms with van der Waals surface area (Å²) in [6.07, 6.45) is 3.46. The van der Waals surface area contributed by atoms with Crippen molar-refractivity contribution in [3.8, 4) is 0 Å². The van der Waals surface area contributed by atoms with Gasteiger partial charge in [-0.3, -0.25) is 9.59 Å². The molecule has 0 amide bonds. The van der Waals surface area contributed by atoms with Gasteiger partial charge >= 0.3 is 11.9 Å². The number of carboxylic acid groups (broad SMARTS) is 1. The Morgan fingerprint density at radius 2 is 1.23 bits per heavy atom. The molecule has 13 N–H and O–H groups in total. The van der Waals surface area contributed by atoms with Crippen molar-refractivity contribution < 1.29 is 84.7 Å². The number of fused-ring (bicyclic) bond motifs is 2. The Morgan fingerprint density at radius 1 is 0.662 bits per heavy atom. The van der Waals surface area contributed by atoms with Gasteiger partial charge in [-0.2, -0.15) is 0 Å². The number of nitrogens with two attached hydrogens (primary N) is 1. The first-order valence-corrected chi connectivity index (χ1v) is 22.3. The van der Waals surface area contributed by atoms with Crippen LogP contribution < -0.4 is 5.73 Å². The van der Waals surface area contributed by atoms with E-state index in [1.807, 2.05) is 19.1 Å². The van der Waals surface area contributed by atoms with Crippen LogP contribution in [0.5, 0.6) is 0 Å². The van der Waals surface area contributed by atoms with Gasteiger partial charge in [-0.25, -0.2) is 0 Å². The third kappa shape index (κ3) is 18.6. The van der Waals surface area contributed by atoms with E-state index in [1.165, 1.54) is 13.0 Å². The van der Waals surface area contributed by atoms with Crippen molar-refractivity contribution in [2.75, 3.05) is 0 Å². The molecular formula is C47H73NO17. The fourth-order valence-corrected chi connectivity index (χ4v) is 7.97. The number of hydrogen-bond donors (Lipinski definition) is 12. The van der Waals surface area contributed by atoms with Crippen molar-refractivity contribution in [2.45, 2.75) is 177 Å². The van der Waals surface area contributed by atoms with Gasteiger partial charge in [-0.15, -0.1) is 0 Å². The van der Waals surface area contributed by atoms with E-state index in [2.05, 4.69) is 0 Å². The van der Waals surface area contributed by atoms with Crippen molar-refractivity contribution >= 4 is 11.9 Å². The maximum absolute atomic E-state index is 12.6. The number of cyclic esters (lactones) is 1. The van der Waals surface area contributed by atoms with Gasteiger partial charge in [-0.05, 0) is 33.1 Å². The Labute approximate surface area is 381 Å². The monoisotopic (exact) mass is 923 g/mol. The fourth-order valence-electron chi connectivity index (χ4n) is 7.97. The van der Waals surface area contributed by atoms with Crippen molar-refractivity contribution in [2.24, 2.45) is 23.5 Å². The van der Waals surface area contributed by atoms with Crippen molar-refractivity contribution in [3.63, 3.8) is 0 Å². The molecule has 2 fully saturated rings. The Balaban J connectivity index is 1.86. The molecule has 0 radical (unpaired) electrons. The highest BCUT2D eigenvalue weighted by molar-refractivity contribution is 5.71. The van der Waals surface area contributed by atoms with Crippen LogP contribution in [0.4, 0.5) is 0 Å². The summed E-state index contributed by atoms with van der Waals surface area (Å²) < 4.78 is 23.1. The number of aliphatic carboxylic acids is 1. The molecule has 0 spiro atoms. The molecule has 19 atom stereocenters. The summed E-state index contributed by atoms with van der Waals surface area (Å²) in [7, 11) is 0. The number of aliphatic hydroxyl groups excluding tert-OH is 9. The van der Waals surface area contributed by atoms with E-state index in [0.717, 1.165) is 0 Å². The van der Waals surface area contributed by atoms with E-state index in [0.29, 0.717) is 0 Å². The molecule has 3 aliphatic heterocycles. The van der Waals surface area contributed by atoms with Gasteiger partial charge in [0.25, 0.3) is 0 Å². The molecule has 0 saturated carbocycles. The number of carbonyl (C=O) groups is 2. The first kappa shape index (κ1) is 55.9. The zero-order valence-corrected chi connectivity index (χ0v) is 37.6. The third-order valence-electron chi connectivity index (χ3n) is 12.0. The second-order valence-corrected chi connectivity index (χ2v) is 17.6. The van der Waals surface area contributed by atoms with E-state index < -0.39 is 147 Å². The van der Waals surface area contributed by atoms with E-state index in [1.54, 1.807) is 80.7 Å². The van der Waals surface area contributed by atoms with Gasteiger partial charge in [-0.1, -0.05) is 98.9 Å². The molecular weight excluding hydrogens is 851 g/mol. The van der Waals surface area contributed by atoms with E-state index in [4.69, 9.17) is 24.7 Å². The summed E-state index contributed by atoms with van der Waals surface area (Å²) in [5, 5.41) is 118. The molecule has 18 nitrogen and oxygen atoms in total. The van der Waals surface area contributed by atoms with Crippen molar-refractivity contribution in [1.29, 1.82) is 0 Å². The third-order valence-corrected chi connectivity index (χ3v) is 12.0.